The third-order valence-corrected chi connectivity index (χ3v) is 2.37. The Bertz CT molecular complexity index is 440. The summed E-state index contributed by atoms with van der Waals surface area (Å²) in [7, 11) is 1.35. The van der Waals surface area contributed by atoms with E-state index in [1.165, 1.54) is 13.2 Å². The second-order valence-corrected chi connectivity index (χ2v) is 3.69. The molecule has 90 valence electrons. The van der Waals surface area contributed by atoms with E-state index in [2.05, 4.69) is 4.74 Å². The van der Waals surface area contributed by atoms with E-state index in [1.807, 2.05) is 6.07 Å². The van der Waals surface area contributed by atoms with Crippen LogP contribution in [0.2, 0.25) is 5.02 Å². The molecule has 0 saturated carbocycles. The number of nitrogens with zero attached hydrogens (tertiary/aromatic N) is 1. The molecular weight excluding hydrogens is 242 g/mol. The number of carbonyl (C=O) groups is 1. The third-order valence-electron chi connectivity index (χ3n) is 2.07. The van der Waals surface area contributed by atoms with E-state index >= 15 is 0 Å². The SMILES string of the molecule is COC(=O)CCCOc1ccc(C#N)cc1Cl. The maximum absolute atomic E-state index is 10.8. The van der Waals surface area contributed by atoms with Crippen LogP contribution in [0.5, 0.6) is 5.75 Å². The zero-order chi connectivity index (χ0) is 12.7. The van der Waals surface area contributed by atoms with Gasteiger partial charge in [0.1, 0.15) is 5.75 Å². The van der Waals surface area contributed by atoms with Gasteiger partial charge in [0.05, 0.1) is 30.4 Å². The lowest BCUT2D eigenvalue weighted by atomic mass is 10.2. The van der Waals surface area contributed by atoms with Gasteiger partial charge in [-0.05, 0) is 24.6 Å². The van der Waals surface area contributed by atoms with Crippen molar-refractivity contribution < 1.29 is 14.3 Å². The van der Waals surface area contributed by atoms with Gasteiger partial charge < -0.3 is 9.47 Å². The summed E-state index contributed by atoms with van der Waals surface area (Å²) in [4.78, 5) is 10.8. The Labute approximate surface area is 105 Å². The Balaban J connectivity index is 2.42. The van der Waals surface area contributed by atoms with Crippen molar-refractivity contribution in [2.24, 2.45) is 0 Å². The van der Waals surface area contributed by atoms with Gasteiger partial charge >= 0.3 is 5.97 Å². The van der Waals surface area contributed by atoms with Gasteiger partial charge in [0.15, 0.2) is 0 Å². The van der Waals surface area contributed by atoms with Crippen LogP contribution in [0.15, 0.2) is 18.2 Å². The van der Waals surface area contributed by atoms with Gasteiger partial charge in [-0.2, -0.15) is 5.26 Å². The maximum Gasteiger partial charge on any atom is 0.305 e. The first-order valence-corrected chi connectivity index (χ1v) is 5.44. The van der Waals surface area contributed by atoms with Gasteiger partial charge in [-0.25, -0.2) is 0 Å². The number of esters is 1. The molecule has 0 aliphatic heterocycles. The van der Waals surface area contributed by atoms with E-state index in [-0.39, 0.29) is 5.97 Å². The molecule has 0 aliphatic rings. The van der Waals surface area contributed by atoms with Crippen LogP contribution in [0.3, 0.4) is 0 Å². The molecule has 1 aromatic rings. The van der Waals surface area contributed by atoms with E-state index in [4.69, 9.17) is 21.6 Å². The summed E-state index contributed by atoms with van der Waals surface area (Å²) in [5.41, 5.74) is 0.483. The molecule has 0 saturated heterocycles. The number of benzene rings is 1. The Kier molecular flexibility index (Phi) is 5.31. The van der Waals surface area contributed by atoms with Crippen LogP contribution >= 0.6 is 11.6 Å². The van der Waals surface area contributed by atoms with E-state index in [9.17, 15) is 4.79 Å². The lowest BCUT2D eigenvalue weighted by molar-refractivity contribution is -0.140. The number of nitriles is 1. The molecule has 1 aromatic carbocycles. The molecule has 1 rings (SSSR count). The smallest absolute Gasteiger partial charge is 0.305 e. The number of hydrogen-bond donors (Lipinski definition) is 0. The van der Waals surface area contributed by atoms with E-state index in [1.54, 1.807) is 12.1 Å². The lowest BCUT2D eigenvalue weighted by Crippen LogP contribution is -2.04. The molecular formula is C12H12ClNO3. The minimum atomic E-state index is -0.264. The molecule has 0 radical (unpaired) electrons. The number of halogens is 1. The predicted molar refractivity (Wildman–Crippen MR) is 62.9 cm³/mol. The second-order valence-electron chi connectivity index (χ2n) is 3.29. The lowest BCUT2D eigenvalue weighted by Gasteiger charge is -2.07. The van der Waals surface area contributed by atoms with Crippen LogP contribution in [-0.4, -0.2) is 19.7 Å². The fraction of sp³-hybridized carbons (Fsp3) is 0.333. The molecule has 0 fully saturated rings. The molecule has 0 amide bonds. The Hall–Kier alpha value is -1.73. The second kappa shape index (κ2) is 6.77. The van der Waals surface area contributed by atoms with Gasteiger partial charge in [-0.3, -0.25) is 4.79 Å². The molecule has 0 aromatic heterocycles. The highest BCUT2D eigenvalue weighted by Crippen LogP contribution is 2.25. The van der Waals surface area contributed by atoms with Crippen molar-refractivity contribution >= 4 is 17.6 Å². The highest BCUT2D eigenvalue weighted by atomic mass is 35.5. The van der Waals surface area contributed by atoms with E-state index in [0.29, 0.717) is 35.8 Å². The number of ether oxygens (including phenoxy) is 2. The summed E-state index contributed by atoms with van der Waals surface area (Å²) >= 11 is 5.91. The molecule has 0 bridgehead atoms. The van der Waals surface area contributed by atoms with Gasteiger partial charge in [-0.1, -0.05) is 11.6 Å². The van der Waals surface area contributed by atoms with Crippen LogP contribution in [-0.2, 0) is 9.53 Å². The van der Waals surface area contributed by atoms with Gasteiger partial charge in [-0.15, -0.1) is 0 Å². The monoisotopic (exact) mass is 253 g/mol. The first-order chi connectivity index (χ1) is 8.17. The third kappa shape index (κ3) is 4.33. The molecule has 0 N–H and O–H groups in total. The molecule has 0 atom stereocenters. The molecule has 0 spiro atoms. The number of carbonyl (C=O) groups excluding carboxylic acids is 1. The van der Waals surface area contributed by atoms with Crippen molar-refractivity contribution in [1.29, 1.82) is 5.26 Å². The van der Waals surface area contributed by atoms with Crippen molar-refractivity contribution in [3.05, 3.63) is 28.8 Å². The average molecular weight is 254 g/mol. The van der Waals surface area contributed by atoms with Crippen molar-refractivity contribution in [1.82, 2.24) is 0 Å². The van der Waals surface area contributed by atoms with Crippen molar-refractivity contribution in [2.45, 2.75) is 12.8 Å². The van der Waals surface area contributed by atoms with Crippen LogP contribution in [0.25, 0.3) is 0 Å². The normalized spacial score (nSPS) is 9.47. The van der Waals surface area contributed by atoms with Crippen LogP contribution in [0.1, 0.15) is 18.4 Å². The average Bonchev–Trinajstić information content (AvgIpc) is 2.35. The van der Waals surface area contributed by atoms with Crippen LogP contribution in [0.4, 0.5) is 0 Å². The van der Waals surface area contributed by atoms with Crippen LogP contribution in [0, 0.1) is 11.3 Å². The van der Waals surface area contributed by atoms with Gasteiger partial charge in [0.25, 0.3) is 0 Å². The highest BCUT2D eigenvalue weighted by Gasteiger charge is 2.04. The Morgan fingerprint density at radius 2 is 2.29 bits per heavy atom. The predicted octanol–water partition coefficient (Wildman–Crippen LogP) is 2.54. The standard InChI is InChI=1S/C12H12ClNO3/c1-16-12(15)3-2-6-17-11-5-4-9(8-14)7-10(11)13/h4-5,7H,2-3,6H2,1H3. The summed E-state index contributed by atoms with van der Waals surface area (Å²) in [6, 6.07) is 6.79. The fourth-order valence-electron chi connectivity index (χ4n) is 1.19. The topological polar surface area (TPSA) is 59.3 Å². The van der Waals surface area contributed by atoms with E-state index in [0.717, 1.165) is 0 Å². The summed E-state index contributed by atoms with van der Waals surface area (Å²) in [6.45, 7) is 0.376. The number of methoxy groups -OCH3 is 1. The summed E-state index contributed by atoms with van der Waals surface area (Å²) in [6.07, 6.45) is 0.868. The quantitative estimate of drug-likeness (QED) is 0.598. The molecule has 17 heavy (non-hydrogen) atoms. The zero-order valence-electron chi connectivity index (χ0n) is 9.40. The van der Waals surface area contributed by atoms with Gasteiger partial charge in [0, 0.05) is 6.42 Å². The minimum absolute atomic E-state index is 0.264. The highest BCUT2D eigenvalue weighted by molar-refractivity contribution is 6.32. The molecule has 0 aliphatic carbocycles. The maximum atomic E-state index is 10.8. The first-order valence-electron chi connectivity index (χ1n) is 5.06. The Morgan fingerprint density at radius 1 is 1.53 bits per heavy atom. The molecule has 4 nitrogen and oxygen atoms in total. The van der Waals surface area contributed by atoms with E-state index < -0.39 is 0 Å². The van der Waals surface area contributed by atoms with Crippen molar-refractivity contribution in [3.8, 4) is 11.8 Å². The largest absolute Gasteiger partial charge is 0.492 e. The summed E-state index contributed by atoms with van der Waals surface area (Å²) < 4.78 is 9.88. The number of rotatable bonds is 5. The summed E-state index contributed by atoms with van der Waals surface area (Å²) in [5.74, 6) is 0.245. The van der Waals surface area contributed by atoms with Crippen LogP contribution < -0.4 is 4.74 Å². The Morgan fingerprint density at radius 3 is 2.88 bits per heavy atom. The number of hydrogen-bond acceptors (Lipinski definition) is 4. The first kappa shape index (κ1) is 13.3. The minimum Gasteiger partial charge on any atom is -0.492 e. The molecule has 0 heterocycles. The summed E-state index contributed by atoms with van der Waals surface area (Å²) in [5, 5.41) is 9.05. The molecule has 5 heteroatoms. The zero-order valence-corrected chi connectivity index (χ0v) is 10.2. The van der Waals surface area contributed by atoms with Crippen molar-refractivity contribution in [2.75, 3.05) is 13.7 Å². The van der Waals surface area contributed by atoms with Crippen molar-refractivity contribution in [3.63, 3.8) is 0 Å². The van der Waals surface area contributed by atoms with Gasteiger partial charge in [0.2, 0.25) is 0 Å². The fourth-order valence-corrected chi connectivity index (χ4v) is 1.42. The molecule has 0 unspecified atom stereocenters.